The molecule has 2 aromatic carbocycles. The zero-order valence-corrected chi connectivity index (χ0v) is 12.1. The Bertz CT molecular complexity index is 646. The highest BCUT2D eigenvalue weighted by molar-refractivity contribution is 9.10. The molecule has 3 N–H and O–H groups in total. The smallest absolute Gasteiger partial charge is 0.255 e. The number of hydrogen-bond acceptors (Lipinski definition) is 2. The standard InChI is InChI=1S/C14H11BrF2N2O/c1-7-2-8(4-9(15)3-7)14(20)19-13-11(17)5-10(16)6-12(13)18/h2-6H,18H2,1H3,(H,19,20). The van der Waals surface area contributed by atoms with E-state index >= 15 is 0 Å². The molecule has 0 heterocycles. The van der Waals surface area contributed by atoms with Gasteiger partial charge in [-0.05, 0) is 36.8 Å². The lowest BCUT2D eigenvalue weighted by molar-refractivity contribution is 0.102. The maximum atomic E-state index is 13.6. The molecule has 0 fully saturated rings. The molecule has 2 rings (SSSR count). The molecular formula is C14H11BrF2N2O. The number of carbonyl (C=O) groups is 1. The van der Waals surface area contributed by atoms with Crippen molar-refractivity contribution in [2.75, 3.05) is 11.1 Å². The van der Waals surface area contributed by atoms with Crippen molar-refractivity contribution >= 4 is 33.2 Å². The molecule has 1 amide bonds. The van der Waals surface area contributed by atoms with Gasteiger partial charge in [-0.3, -0.25) is 4.79 Å². The Kier molecular flexibility index (Phi) is 4.04. The monoisotopic (exact) mass is 340 g/mol. The summed E-state index contributed by atoms with van der Waals surface area (Å²) in [7, 11) is 0. The van der Waals surface area contributed by atoms with Crippen LogP contribution in [0.5, 0.6) is 0 Å². The molecule has 0 aliphatic carbocycles. The van der Waals surface area contributed by atoms with E-state index in [0.29, 0.717) is 11.6 Å². The molecule has 3 nitrogen and oxygen atoms in total. The lowest BCUT2D eigenvalue weighted by Gasteiger charge is -2.10. The Morgan fingerprint density at radius 2 is 1.90 bits per heavy atom. The average molecular weight is 341 g/mol. The van der Waals surface area contributed by atoms with Gasteiger partial charge in [0.25, 0.3) is 5.91 Å². The summed E-state index contributed by atoms with van der Waals surface area (Å²) in [5.74, 6) is -2.23. The van der Waals surface area contributed by atoms with E-state index in [1.165, 1.54) is 0 Å². The Balaban J connectivity index is 2.32. The summed E-state index contributed by atoms with van der Waals surface area (Å²) in [5.41, 5.74) is 6.33. The first-order valence-corrected chi connectivity index (χ1v) is 6.49. The van der Waals surface area contributed by atoms with Crippen LogP contribution in [-0.2, 0) is 0 Å². The molecule has 0 radical (unpaired) electrons. The number of nitrogens with one attached hydrogen (secondary N) is 1. The number of anilines is 2. The van der Waals surface area contributed by atoms with Crippen LogP contribution in [0.15, 0.2) is 34.8 Å². The average Bonchev–Trinajstić information content (AvgIpc) is 2.32. The first-order chi connectivity index (χ1) is 9.36. The molecule has 2 aromatic rings. The fraction of sp³-hybridized carbons (Fsp3) is 0.0714. The number of rotatable bonds is 2. The first kappa shape index (κ1) is 14.5. The lowest BCUT2D eigenvalue weighted by Crippen LogP contribution is -2.15. The number of nitrogen functional groups attached to an aromatic ring is 1. The summed E-state index contributed by atoms with van der Waals surface area (Å²) in [6, 6.07) is 6.70. The highest BCUT2D eigenvalue weighted by atomic mass is 79.9. The predicted molar refractivity (Wildman–Crippen MR) is 77.6 cm³/mol. The lowest BCUT2D eigenvalue weighted by atomic mass is 10.1. The van der Waals surface area contributed by atoms with Crippen molar-refractivity contribution < 1.29 is 13.6 Å². The molecule has 0 bridgehead atoms. The summed E-state index contributed by atoms with van der Waals surface area (Å²) >= 11 is 3.28. The SMILES string of the molecule is Cc1cc(Br)cc(C(=O)Nc2c(N)cc(F)cc2F)c1. The minimum absolute atomic E-state index is 0.164. The largest absolute Gasteiger partial charge is 0.397 e. The van der Waals surface area contributed by atoms with Gasteiger partial charge in [-0.25, -0.2) is 8.78 Å². The number of benzene rings is 2. The topological polar surface area (TPSA) is 55.1 Å². The quantitative estimate of drug-likeness (QED) is 0.815. The van der Waals surface area contributed by atoms with Gasteiger partial charge < -0.3 is 11.1 Å². The van der Waals surface area contributed by atoms with Gasteiger partial charge >= 0.3 is 0 Å². The van der Waals surface area contributed by atoms with Crippen LogP contribution < -0.4 is 11.1 Å². The number of aryl methyl sites for hydroxylation is 1. The van der Waals surface area contributed by atoms with Gasteiger partial charge in [0.15, 0.2) is 5.82 Å². The fourth-order valence-electron chi connectivity index (χ4n) is 1.78. The number of nitrogens with two attached hydrogens (primary N) is 1. The van der Waals surface area contributed by atoms with E-state index < -0.39 is 17.5 Å². The van der Waals surface area contributed by atoms with Gasteiger partial charge in [0.1, 0.15) is 11.5 Å². The minimum atomic E-state index is -0.914. The van der Waals surface area contributed by atoms with E-state index in [-0.39, 0.29) is 11.4 Å². The summed E-state index contributed by atoms with van der Waals surface area (Å²) in [4.78, 5) is 12.1. The predicted octanol–water partition coefficient (Wildman–Crippen LogP) is 3.87. The number of hydrogen-bond donors (Lipinski definition) is 2. The Labute approximate surface area is 122 Å². The molecular weight excluding hydrogens is 330 g/mol. The maximum Gasteiger partial charge on any atom is 0.255 e. The molecule has 0 aliphatic rings. The van der Waals surface area contributed by atoms with Crippen molar-refractivity contribution in [2.45, 2.75) is 6.92 Å². The van der Waals surface area contributed by atoms with Crippen molar-refractivity contribution in [3.8, 4) is 0 Å². The van der Waals surface area contributed by atoms with Gasteiger partial charge in [0, 0.05) is 16.1 Å². The fourth-order valence-corrected chi connectivity index (χ4v) is 2.39. The second kappa shape index (κ2) is 5.58. The van der Waals surface area contributed by atoms with E-state index in [2.05, 4.69) is 21.2 Å². The first-order valence-electron chi connectivity index (χ1n) is 5.70. The van der Waals surface area contributed by atoms with Crippen LogP contribution in [0, 0.1) is 18.6 Å². The van der Waals surface area contributed by atoms with Crippen LogP contribution in [0.1, 0.15) is 15.9 Å². The molecule has 20 heavy (non-hydrogen) atoms. The zero-order chi connectivity index (χ0) is 14.9. The molecule has 0 aliphatic heterocycles. The van der Waals surface area contributed by atoms with Crippen molar-refractivity contribution in [1.29, 1.82) is 0 Å². The highest BCUT2D eigenvalue weighted by Crippen LogP contribution is 2.25. The molecule has 0 spiro atoms. The van der Waals surface area contributed by atoms with E-state index in [0.717, 1.165) is 16.1 Å². The van der Waals surface area contributed by atoms with Crippen molar-refractivity contribution in [3.63, 3.8) is 0 Å². The summed E-state index contributed by atoms with van der Waals surface area (Å²) < 4.78 is 27.3. The van der Waals surface area contributed by atoms with E-state index in [9.17, 15) is 13.6 Å². The number of halogens is 3. The minimum Gasteiger partial charge on any atom is -0.397 e. The van der Waals surface area contributed by atoms with Crippen LogP contribution in [0.25, 0.3) is 0 Å². The molecule has 6 heteroatoms. The van der Waals surface area contributed by atoms with Gasteiger partial charge in [0.05, 0.1) is 5.69 Å². The highest BCUT2D eigenvalue weighted by Gasteiger charge is 2.14. The molecule has 104 valence electrons. The molecule has 0 saturated carbocycles. The van der Waals surface area contributed by atoms with E-state index in [4.69, 9.17) is 5.73 Å². The van der Waals surface area contributed by atoms with Crippen molar-refractivity contribution in [3.05, 3.63) is 57.6 Å². The third kappa shape index (κ3) is 3.14. The third-order valence-electron chi connectivity index (χ3n) is 2.63. The van der Waals surface area contributed by atoms with Crippen LogP contribution in [0.3, 0.4) is 0 Å². The summed E-state index contributed by atoms with van der Waals surface area (Å²) in [6.07, 6.45) is 0. The van der Waals surface area contributed by atoms with Crippen molar-refractivity contribution in [1.82, 2.24) is 0 Å². The maximum absolute atomic E-state index is 13.6. The van der Waals surface area contributed by atoms with Gasteiger partial charge in [-0.15, -0.1) is 0 Å². The van der Waals surface area contributed by atoms with Gasteiger partial charge in [-0.1, -0.05) is 15.9 Å². The molecule has 0 aromatic heterocycles. The molecule has 0 saturated heterocycles. The second-order valence-electron chi connectivity index (χ2n) is 4.32. The number of carbonyl (C=O) groups excluding carboxylic acids is 1. The third-order valence-corrected chi connectivity index (χ3v) is 3.09. The van der Waals surface area contributed by atoms with Crippen LogP contribution in [0.4, 0.5) is 20.2 Å². The summed E-state index contributed by atoms with van der Waals surface area (Å²) in [6.45, 7) is 1.83. The van der Waals surface area contributed by atoms with Crippen LogP contribution in [0.2, 0.25) is 0 Å². The van der Waals surface area contributed by atoms with Crippen molar-refractivity contribution in [2.24, 2.45) is 0 Å². The molecule has 0 unspecified atom stereocenters. The van der Waals surface area contributed by atoms with Crippen LogP contribution in [-0.4, -0.2) is 5.91 Å². The normalized spacial score (nSPS) is 10.4. The Morgan fingerprint density at radius 3 is 2.50 bits per heavy atom. The summed E-state index contributed by atoms with van der Waals surface area (Å²) in [5, 5.41) is 2.35. The second-order valence-corrected chi connectivity index (χ2v) is 5.24. The van der Waals surface area contributed by atoms with Gasteiger partial charge in [-0.2, -0.15) is 0 Å². The van der Waals surface area contributed by atoms with E-state index in [1.807, 2.05) is 13.0 Å². The Hall–Kier alpha value is -1.95. The molecule has 0 atom stereocenters. The number of amides is 1. The zero-order valence-electron chi connectivity index (χ0n) is 10.5. The Morgan fingerprint density at radius 1 is 1.20 bits per heavy atom. The van der Waals surface area contributed by atoms with Crippen LogP contribution >= 0.6 is 15.9 Å². The van der Waals surface area contributed by atoms with E-state index in [1.54, 1.807) is 12.1 Å². The van der Waals surface area contributed by atoms with Gasteiger partial charge in [0.2, 0.25) is 0 Å².